The Morgan fingerprint density at radius 1 is 0.730 bits per heavy atom. The number of para-hydroxylation sites is 2. The van der Waals surface area contributed by atoms with Crippen molar-refractivity contribution in [3.05, 3.63) is 127 Å². The third-order valence-corrected chi connectivity index (χ3v) is 6.96. The summed E-state index contributed by atoms with van der Waals surface area (Å²) >= 11 is 0. The number of hydrazone groups is 1. The molecule has 1 aliphatic heterocycles. The first-order valence-corrected chi connectivity index (χ1v) is 12.8. The van der Waals surface area contributed by atoms with E-state index in [1.807, 2.05) is 35.1 Å². The van der Waals surface area contributed by atoms with E-state index in [4.69, 9.17) is 10.2 Å². The molecule has 0 saturated carbocycles. The summed E-state index contributed by atoms with van der Waals surface area (Å²) in [6, 6.07) is 31.6. The fraction of sp³-hybridized carbons (Fsp3) is 0.188. The van der Waals surface area contributed by atoms with Gasteiger partial charge in [-0.25, -0.2) is 4.68 Å². The first kappa shape index (κ1) is 23.0. The normalized spacial score (nSPS) is 18.6. The molecule has 2 atom stereocenters. The second kappa shape index (κ2) is 9.25. The van der Waals surface area contributed by atoms with Crippen molar-refractivity contribution in [3.8, 4) is 5.69 Å². The van der Waals surface area contributed by atoms with Crippen molar-refractivity contribution >= 4 is 23.0 Å². The van der Waals surface area contributed by atoms with Crippen LogP contribution in [0, 0.1) is 5.92 Å². The zero-order valence-corrected chi connectivity index (χ0v) is 21.4. The molecule has 0 bridgehead atoms. The predicted molar refractivity (Wildman–Crippen MR) is 153 cm³/mol. The third-order valence-electron chi connectivity index (χ3n) is 6.96. The number of hydrogen-bond donors (Lipinski definition) is 0. The van der Waals surface area contributed by atoms with Gasteiger partial charge in [0.2, 0.25) is 0 Å². The van der Waals surface area contributed by atoms with Crippen LogP contribution in [0.4, 0.5) is 17.2 Å². The molecule has 0 fully saturated rings. The highest BCUT2D eigenvalue weighted by atomic mass is 15.5. The maximum Gasteiger partial charge on any atom is 0.161 e. The highest BCUT2D eigenvalue weighted by Gasteiger charge is 2.40. The van der Waals surface area contributed by atoms with Gasteiger partial charge in [-0.2, -0.15) is 5.10 Å². The minimum Gasteiger partial charge on any atom is -0.279 e. The minimum atomic E-state index is 0.0786. The molecule has 6 rings (SSSR count). The average Bonchev–Trinajstić information content (AvgIpc) is 3.56. The van der Waals surface area contributed by atoms with Crippen LogP contribution in [0.1, 0.15) is 26.3 Å². The van der Waals surface area contributed by atoms with E-state index in [1.165, 1.54) is 5.56 Å². The lowest BCUT2D eigenvalue weighted by Crippen LogP contribution is -2.36. The quantitative estimate of drug-likeness (QED) is 0.305. The van der Waals surface area contributed by atoms with Crippen LogP contribution in [0.5, 0.6) is 0 Å². The van der Waals surface area contributed by atoms with E-state index in [0.29, 0.717) is 0 Å². The zero-order valence-electron chi connectivity index (χ0n) is 21.4. The Kier molecular flexibility index (Phi) is 5.76. The maximum atomic E-state index is 5.23. The van der Waals surface area contributed by atoms with Gasteiger partial charge in [0.05, 0.1) is 23.3 Å². The lowest BCUT2D eigenvalue weighted by molar-refractivity contribution is 0.590. The lowest BCUT2D eigenvalue weighted by atomic mass is 9.87. The molecule has 0 radical (unpaired) electrons. The molecule has 184 valence electrons. The van der Waals surface area contributed by atoms with E-state index in [9.17, 15) is 0 Å². The van der Waals surface area contributed by atoms with Crippen molar-refractivity contribution in [1.29, 1.82) is 0 Å². The number of aromatic nitrogens is 2. The van der Waals surface area contributed by atoms with Gasteiger partial charge in [-0.3, -0.25) is 9.91 Å². The number of amidine groups is 1. The summed E-state index contributed by atoms with van der Waals surface area (Å²) < 4.78 is 1.92. The molecule has 2 aliphatic rings. The van der Waals surface area contributed by atoms with Gasteiger partial charge >= 0.3 is 0 Å². The summed E-state index contributed by atoms with van der Waals surface area (Å²) in [4.78, 5) is 2.20. The maximum absolute atomic E-state index is 5.23. The Bertz CT molecular complexity index is 1460. The van der Waals surface area contributed by atoms with Crippen LogP contribution < -0.4 is 9.91 Å². The standard InChI is InChI=1S/C32H31N5/c1-32(2,3)24-18-20-26(21-19-24)36(30-22-23-35(33-30)25-12-6-4-7-13-25)31-28-16-10-11-17-29(28)37(34-31)27-14-8-5-9-15-27/h4-23,28-29H,1-3H3. The monoisotopic (exact) mass is 485 g/mol. The van der Waals surface area contributed by atoms with E-state index in [-0.39, 0.29) is 17.4 Å². The smallest absolute Gasteiger partial charge is 0.161 e. The lowest BCUT2D eigenvalue weighted by Gasteiger charge is -2.28. The van der Waals surface area contributed by atoms with Gasteiger partial charge in [0.25, 0.3) is 0 Å². The predicted octanol–water partition coefficient (Wildman–Crippen LogP) is 7.25. The number of benzene rings is 3. The molecule has 0 saturated heterocycles. The number of hydrogen-bond acceptors (Lipinski definition) is 4. The number of allylic oxidation sites excluding steroid dienone is 2. The van der Waals surface area contributed by atoms with Crippen LogP contribution >= 0.6 is 0 Å². The third kappa shape index (κ3) is 4.38. The second-order valence-corrected chi connectivity index (χ2v) is 10.5. The summed E-state index contributed by atoms with van der Waals surface area (Å²) in [5, 5.41) is 12.4. The topological polar surface area (TPSA) is 36.7 Å². The molecular formula is C32H31N5. The Labute approximate surface area is 218 Å². The molecule has 5 heteroatoms. The molecule has 1 aromatic heterocycles. The van der Waals surface area contributed by atoms with Crippen LogP contribution in [-0.2, 0) is 5.41 Å². The van der Waals surface area contributed by atoms with Crippen LogP contribution in [0.15, 0.2) is 127 Å². The van der Waals surface area contributed by atoms with Crippen molar-refractivity contribution < 1.29 is 0 Å². The van der Waals surface area contributed by atoms with Gasteiger partial charge in [-0.1, -0.05) is 93.6 Å². The second-order valence-electron chi connectivity index (χ2n) is 10.5. The Balaban J connectivity index is 1.48. The van der Waals surface area contributed by atoms with Crippen molar-refractivity contribution in [1.82, 2.24) is 9.78 Å². The van der Waals surface area contributed by atoms with Crippen molar-refractivity contribution in [2.45, 2.75) is 32.2 Å². The van der Waals surface area contributed by atoms with Crippen LogP contribution in [0.3, 0.4) is 0 Å². The molecule has 2 unspecified atom stereocenters. The molecule has 1 aliphatic carbocycles. The van der Waals surface area contributed by atoms with Gasteiger partial charge in [-0.15, -0.1) is 5.10 Å². The summed E-state index contributed by atoms with van der Waals surface area (Å²) in [5.74, 6) is 1.88. The molecule has 2 heterocycles. The number of rotatable bonds is 4. The minimum absolute atomic E-state index is 0.0786. The van der Waals surface area contributed by atoms with Gasteiger partial charge < -0.3 is 0 Å². The Hall–Kier alpha value is -4.38. The van der Waals surface area contributed by atoms with Crippen molar-refractivity contribution in [3.63, 3.8) is 0 Å². The van der Waals surface area contributed by atoms with Crippen molar-refractivity contribution in [2.75, 3.05) is 9.91 Å². The first-order chi connectivity index (χ1) is 18.0. The van der Waals surface area contributed by atoms with E-state index >= 15 is 0 Å². The first-order valence-electron chi connectivity index (χ1n) is 12.8. The largest absolute Gasteiger partial charge is 0.279 e. The van der Waals surface area contributed by atoms with E-state index in [2.05, 4.69) is 122 Å². The number of nitrogens with zero attached hydrogens (tertiary/aromatic N) is 5. The zero-order chi connectivity index (χ0) is 25.4. The summed E-state index contributed by atoms with van der Waals surface area (Å²) in [6.45, 7) is 6.72. The fourth-order valence-corrected chi connectivity index (χ4v) is 4.97. The van der Waals surface area contributed by atoms with E-state index in [1.54, 1.807) is 0 Å². The SMILES string of the molecule is CC(C)(C)c1ccc(N(C2=NN(c3ccccc3)C3C=CC=CC23)c2ccn(-c3ccccc3)n2)cc1. The number of anilines is 3. The van der Waals surface area contributed by atoms with E-state index in [0.717, 1.165) is 28.7 Å². The average molecular weight is 486 g/mol. The Morgan fingerprint density at radius 2 is 1.38 bits per heavy atom. The highest BCUT2D eigenvalue weighted by Crippen LogP contribution is 2.38. The van der Waals surface area contributed by atoms with Gasteiger partial charge in [0.15, 0.2) is 5.82 Å². The number of fused-ring (bicyclic) bond motifs is 1. The van der Waals surface area contributed by atoms with Gasteiger partial charge in [-0.05, 0) is 47.4 Å². The Morgan fingerprint density at radius 3 is 2.05 bits per heavy atom. The molecule has 3 aromatic carbocycles. The molecule has 37 heavy (non-hydrogen) atoms. The molecule has 0 amide bonds. The molecular weight excluding hydrogens is 454 g/mol. The van der Waals surface area contributed by atoms with Gasteiger partial charge in [0.1, 0.15) is 5.84 Å². The van der Waals surface area contributed by atoms with Crippen LogP contribution in [0.2, 0.25) is 0 Å². The van der Waals surface area contributed by atoms with Crippen LogP contribution in [0.25, 0.3) is 5.69 Å². The summed E-state index contributed by atoms with van der Waals surface area (Å²) in [6.07, 6.45) is 10.7. The van der Waals surface area contributed by atoms with E-state index < -0.39 is 0 Å². The molecule has 0 N–H and O–H groups in total. The van der Waals surface area contributed by atoms with Gasteiger partial charge in [0, 0.05) is 18.0 Å². The molecule has 4 aromatic rings. The highest BCUT2D eigenvalue weighted by molar-refractivity contribution is 6.08. The molecule has 0 spiro atoms. The summed E-state index contributed by atoms with van der Waals surface area (Å²) in [5.41, 5.74) is 4.51. The molecule has 5 nitrogen and oxygen atoms in total. The fourth-order valence-electron chi connectivity index (χ4n) is 4.97. The van der Waals surface area contributed by atoms with Crippen LogP contribution in [-0.4, -0.2) is 21.7 Å². The van der Waals surface area contributed by atoms with Crippen molar-refractivity contribution in [2.24, 2.45) is 11.0 Å². The summed E-state index contributed by atoms with van der Waals surface area (Å²) in [7, 11) is 0.